The first-order valence-corrected chi connectivity index (χ1v) is 5.66. The van der Waals surface area contributed by atoms with Crippen LogP contribution in [0.1, 0.15) is 0 Å². The molecule has 0 heterocycles. The lowest BCUT2D eigenvalue weighted by Gasteiger charge is -1.97. The van der Waals surface area contributed by atoms with Gasteiger partial charge < -0.3 is 0 Å². The Morgan fingerprint density at radius 3 is 2.29 bits per heavy atom. The van der Waals surface area contributed by atoms with E-state index in [9.17, 15) is 8.42 Å². The Balaban J connectivity index is 3.01. The first kappa shape index (κ1) is 11.0. The first-order valence-electron chi connectivity index (χ1n) is 3.65. The highest BCUT2D eigenvalue weighted by atomic mass is 32.2. The molecule has 2 N–H and O–H groups in total. The number of aliphatic imine (C=N–C) groups is 1. The summed E-state index contributed by atoms with van der Waals surface area (Å²) in [4.78, 5) is 4.00. The van der Waals surface area contributed by atoms with Gasteiger partial charge in [0.2, 0.25) is 10.0 Å². The molecule has 0 spiro atoms. The average molecular weight is 228 g/mol. The standard InChI is InChI=1S/C8H8N2O2S2/c9-14(11,12)8-3-1-7(2-4-8)10-5-6-13/h1-6H,(H2,9,11,12). The van der Waals surface area contributed by atoms with Crippen LogP contribution in [0.2, 0.25) is 0 Å². The zero-order valence-corrected chi connectivity index (χ0v) is 8.75. The van der Waals surface area contributed by atoms with Crippen LogP contribution < -0.4 is 5.14 Å². The van der Waals surface area contributed by atoms with Gasteiger partial charge in [-0.2, -0.15) is 0 Å². The Bertz CT molecular complexity index is 449. The van der Waals surface area contributed by atoms with Crippen LogP contribution in [0, 0.1) is 0 Å². The van der Waals surface area contributed by atoms with Crippen molar-refractivity contribution >= 4 is 39.5 Å². The van der Waals surface area contributed by atoms with Gasteiger partial charge in [0.25, 0.3) is 0 Å². The molecule has 0 aliphatic rings. The van der Waals surface area contributed by atoms with Gasteiger partial charge in [-0.3, -0.25) is 4.99 Å². The Morgan fingerprint density at radius 2 is 1.86 bits per heavy atom. The molecule has 1 aromatic carbocycles. The lowest BCUT2D eigenvalue weighted by molar-refractivity contribution is 0.598. The summed E-state index contributed by atoms with van der Waals surface area (Å²) >= 11 is 4.55. The van der Waals surface area contributed by atoms with E-state index in [1.807, 2.05) is 0 Å². The van der Waals surface area contributed by atoms with Crippen molar-refractivity contribution in [2.75, 3.05) is 0 Å². The van der Waals surface area contributed by atoms with E-state index >= 15 is 0 Å². The molecule has 0 aliphatic carbocycles. The van der Waals surface area contributed by atoms with Gasteiger partial charge in [-0.1, -0.05) is 12.2 Å². The Labute approximate surface area is 87.5 Å². The van der Waals surface area contributed by atoms with Gasteiger partial charge in [-0.15, -0.1) is 0 Å². The molecule has 0 saturated heterocycles. The molecular formula is C8H8N2O2S2. The quantitative estimate of drug-likeness (QED) is 0.620. The second kappa shape index (κ2) is 4.41. The van der Waals surface area contributed by atoms with Crippen molar-refractivity contribution in [2.45, 2.75) is 4.90 Å². The molecule has 4 nitrogen and oxygen atoms in total. The normalized spacial score (nSPS) is 11.8. The predicted octanol–water partition coefficient (Wildman–Crippen LogP) is 1.04. The number of hydrogen-bond donors (Lipinski definition) is 1. The summed E-state index contributed by atoms with van der Waals surface area (Å²) in [6.45, 7) is 0. The van der Waals surface area contributed by atoms with Gasteiger partial charge in [-0.05, 0) is 24.3 Å². The summed E-state index contributed by atoms with van der Waals surface area (Å²) in [6, 6.07) is 5.89. The van der Waals surface area contributed by atoms with Gasteiger partial charge >= 0.3 is 0 Å². The van der Waals surface area contributed by atoms with E-state index in [4.69, 9.17) is 5.14 Å². The molecule has 0 bridgehead atoms. The minimum absolute atomic E-state index is 0.0683. The van der Waals surface area contributed by atoms with E-state index < -0.39 is 10.0 Å². The fourth-order valence-corrected chi connectivity index (χ4v) is 1.41. The van der Waals surface area contributed by atoms with Crippen molar-refractivity contribution in [3.63, 3.8) is 0 Å². The molecule has 0 aliphatic heterocycles. The number of nitrogens with zero attached hydrogens (tertiary/aromatic N) is 1. The summed E-state index contributed by atoms with van der Waals surface area (Å²) in [5.41, 5.74) is 0.624. The highest BCUT2D eigenvalue weighted by Crippen LogP contribution is 2.14. The Kier molecular flexibility index (Phi) is 3.45. The Hall–Kier alpha value is -1.11. The fraction of sp³-hybridized carbons (Fsp3) is 0. The highest BCUT2D eigenvalue weighted by molar-refractivity contribution is 7.89. The summed E-state index contributed by atoms with van der Waals surface area (Å²) in [7, 11) is -3.62. The second-order valence-electron chi connectivity index (χ2n) is 2.45. The minimum Gasteiger partial charge on any atom is -0.256 e. The Morgan fingerprint density at radius 1 is 1.29 bits per heavy atom. The van der Waals surface area contributed by atoms with Crippen LogP contribution in [-0.2, 0) is 10.0 Å². The number of hydrogen-bond acceptors (Lipinski definition) is 4. The van der Waals surface area contributed by atoms with Gasteiger partial charge in [-0.25, -0.2) is 13.6 Å². The van der Waals surface area contributed by atoms with Crippen LogP contribution in [0.5, 0.6) is 0 Å². The molecular weight excluding hydrogens is 220 g/mol. The molecule has 0 saturated carbocycles. The van der Waals surface area contributed by atoms with E-state index in [1.165, 1.54) is 23.7 Å². The number of rotatable bonds is 3. The SMILES string of the molecule is NS(=O)(=O)c1ccc(N=CC=S)cc1. The maximum Gasteiger partial charge on any atom is 0.238 e. The zero-order chi connectivity index (χ0) is 10.6. The van der Waals surface area contributed by atoms with Crippen molar-refractivity contribution in [1.82, 2.24) is 0 Å². The average Bonchev–Trinajstić information content (AvgIpc) is 2.14. The fourth-order valence-electron chi connectivity index (χ4n) is 0.838. The summed E-state index contributed by atoms with van der Waals surface area (Å²) in [5.74, 6) is 0. The van der Waals surface area contributed by atoms with Crippen LogP contribution in [0.4, 0.5) is 5.69 Å². The van der Waals surface area contributed by atoms with E-state index in [0.717, 1.165) is 0 Å². The van der Waals surface area contributed by atoms with Crippen molar-refractivity contribution in [1.29, 1.82) is 0 Å². The molecule has 0 radical (unpaired) electrons. The molecule has 0 amide bonds. The highest BCUT2D eigenvalue weighted by Gasteiger charge is 2.05. The number of sulfonamides is 1. The molecule has 0 atom stereocenters. The van der Waals surface area contributed by atoms with Gasteiger partial charge in [0.15, 0.2) is 0 Å². The van der Waals surface area contributed by atoms with Crippen molar-refractivity contribution in [3.05, 3.63) is 24.3 Å². The second-order valence-corrected chi connectivity index (χ2v) is 4.29. The molecule has 6 heteroatoms. The lowest BCUT2D eigenvalue weighted by atomic mass is 10.3. The maximum atomic E-state index is 10.9. The maximum absolute atomic E-state index is 10.9. The summed E-state index contributed by atoms with van der Waals surface area (Å²) < 4.78 is 21.7. The smallest absolute Gasteiger partial charge is 0.238 e. The molecule has 0 fully saturated rings. The van der Waals surface area contributed by atoms with Crippen LogP contribution in [-0.4, -0.2) is 20.0 Å². The number of benzene rings is 1. The molecule has 1 rings (SSSR count). The van der Waals surface area contributed by atoms with E-state index in [0.29, 0.717) is 5.69 Å². The van der Waals surface area contributed by atoms with Crippen LogP contribution in [0.3, 0.4) is 0 Å². The molecule has 14 heavy (non-hydrogen) atoms. The first-order chi connectivity index (χ1) is 6.54. The van der Waals surface area contributed by atoms with Crippen molar-refractivity contribution in [3.8, 4) is 0 Å². The lowest BCUT2D eigenvalue weighted by Crippen LogP contribution is -2.11. The predicted molar refractivity (Wildman–Crippen MR) is 59.6 cm³/mol. The molecule has 1 aromatic rings. The molecule has 74 valence electrons. The molecule has 0 unspecified atom stereocenters. The van der Waals surface area contributed by atoms with Crippen molar-refractivity contribution < 1.29 is 8.42 Å². The van der Waals surface area contributed by atoms with Gasteiger partial charge in [0, 0.05) is 11.6 Å². The minimum atomic E-state index is -3.62. The van der Waals surface area contributed by atoms with Crippen molar-refractivity contribution in [2.24, 2.45) is 10.1 Å². The topological polar surface area (TPSA) is 72.5 Å². The van der Waals surface area contributed by atoms with E-state index in [1.54, 1.807) is 12.1 Å². The third-order valence-electron chi connectivity index (χ3n) is 1.45. The largest absolute Gasteiger partial charge is 0.256 e. The number of nitrogens with two attached hydrogens (primary N) is 1. The zero-order valence-electron chi connectivity index (χ0n) is 7.12. The summed E-state index contributed by atoms with van der Waals surface area (Å²) in [5, 5.41) is 6.29. The number of primary sulfonamides is 1. The van der Waals surface area contributed by atoms with Crippen LogP contribution in [0.15, 0.2) is 34.2 Å². The van der Waals surface area contributed by atoms with Crippen LogP contribution in [0.25, 0.3) is 0 Å². The molecule has 0 aromatic heterocycles. The third kappa shape index (κ3) is 2.99. The summed E-state index contributed by atoms with van der Waals surface area (Å²) in [6.07, 6.45) is 1.45. The van der Waals surface area contributed by atoms with Gasteiger partial charge in [0.1, 0.15) is 0 Å². The van der Waals surface area contributed by atoms with E-state index in [2.05, 4.69) is 17.2 Å². The number of thiocarbonyl (C=S) groups is 1. The third-order valence-corrected chi connectivity index (χ3v) is 2.50. The van der Waals surface area contributed by atoms with E-state index in [-0.39, 0.29) is 4.90 Å². The van der Waals surface area contributed by atoms with Gasteiger partial charge in [0.05, 0.1) is 10.6 Å². The van der Waals surface area contributed by atoms with Crippen LogP contribution >= 0.6 is 12.2 Å². The monoisotopic (exact) mass is 228 g/mol.